The summed E-state index contributed by atoms with van der Waals surface area (Å²) < 4.78 is 40.9. The second kappa shape index (κ2) is 7.18. The molecular formula is C11H21F3N2O. The molecule has 2 unspecified atom stereocenters. The maximum absolute atomic E-state index is 11.9. The second-order valence-corrected chi connectivity index (χ2v) is 4.47. The highest BCUT2D eigenvalue weighted by Crippen LogP contribution is 2.21. The third-order valence-corrected chi connectivity index (χ3v) is 3.04. The van der Waals surface area contributed by atoms with Gasteiger partial charge in [-0.2, -0.15) is 13.2 Å². The van der Waals surface area contributed by atoms with Gasteiger partial charge in [0.1, 0.15) is 0 Å². The summed E-state index contributed by atoms with van der Waals surface area (Å²) in [4.78, 5) is 0. The number of hydrogen-bond donors (Lipinski definition) is 2. The van der Waals surface area contributed by atoms with Gasteiger partial charge in [0.25, 0.3) is 0 Å². The van der Waals surface area contributed by atoms with E-state index in [1.54, 1.807) is 0 Å². The largest absolute Gasteiger partial charge is 0.389 e. The Bertz CT molecular complexity index is 211. The fraction of sp³-hybridized carbons (Fsp3) is 1.00. The molecule has 1 fully saturated rings. The lowest BCUT2D eigenvalue weighted by Gasteiger charge is -2.17. The van der Waals surface area contributed by atoms with Gasteiger partial charge in [-0.05, 0) is 26.4 Å². The van der Waals surface area contributed by atoms with Crippen LogP contribution in [0.4, 0.5) is 13.2 Å². The van der Waals surface area contributed by atoms with E-state index in [-0.39, 0.29) is 6.42 Å². The third kappa shape index (κ3) is 6.24. The van der Waals surface area contributed by atoms with Crippen LogP contribution in [0.1, 0.15) is 19.3 Å². The number of halogens is 3. The summed E-state index contributed by atoms with van der Waals surface area (Å²) in [5, 5.41) is 6.36. The van der Waals surface area contributed by atoms with Crippen molar-refractivity contribution in [3.63, 3.8) is 0 Å². The number of nitrogens with one attached hydrogen (secondary N) is 2. The minimum absolute atomic E-state index is 0.202. The van der Waals surface area contributed by atoms with Crippen molar-refractivity contribution in [3.05, 3.63) is 0 Å². The van der Waals surface area contributed by atoms with Gasteiger partial charge < -0.3 is 15.4 Å². The first-order chi connectivity index (χ1) is 8.03. The third-order valence-electron chi connectivity index (χ3n) is 3.04. The number of rotatable bonds is 7. The number of ether oxygens (including phenoxy) is 1. The van der Waals surface area contributed by atoms with E-state index in [1.807, 2.05) is 7.05 Å². The van der Waals surface area contributed by atoms with Crippen LogP contribution in [0, 0.1) is 5.92 Å². The smallest absolute Gasteiger partial charge is 0.379 e. The van der Waals surface area contributed by atoms with Crippen molar-refractivity contribution in [2.45, 2.75) is 31.5 Å². The molecule has 1 rings (SSSR count). The minimum Gasteiger partial charge on any atom is -0.379 e. The summed E-state index contributed by atoms with van der Waals surface area (Å²) in [6, 6.07) is 0.359. The maximum atomic E-state index is 11.9. The Hall–Kier alpha value is -0.330. The molecule has 0 aromatic carbocycles. The van der Waals surface area contributed by atoms with Gasteiger partial charge in [-0.3, -0.25) is 0 Å². The van der Waals surface area contributed by atoms with Crippen LogP contribution in [-0.2, 0) is 4.74 Å². The molecule has 0 radical (unpaired) electrons. The summed E-state index contributed by atoms with van der Waals surface area (Å²) in [6.45, 7) is 2.89. The Labute approximate surface area is 100 Å². The van der Waals surface area contributed by atoms with Crippen LogP contribution in [0.15, 0.2) is 0 Å². The van der Waals surface area contributed by atoms with E-state index in [1.165, 1.54) is 0 Å². The molecule has 2 N–H and O–H groups in total. The molecule has 102 valence electrons. The van der Waals surface area contributed by atoms with Gasteiger partial charge in [-0.15, -0.1) is 0 Å². The summed E-state index contributed by atoms with van der Waals surface area (Å²) in [5.74, 6) is 0.419. The molecule has 1 saturated heterocycles. The van der Waals surface area contributed by atoms with Crippen LogP contribution >= 0.6 is 0 Å². The molecule has 3 nitrogen and oxygen atoms in total. The van der Waals surface area contributed by atoms with Crippen LogP contribution in [0.2, 0.25) is 0 Å². The zero-order valence-corrected chi connectivity index (χ0v) is 10.1. The Balaban J connectivity index is 1.97. The molecular weight excluding hydrogens is 233 g/mol. The summed E-state index contributed by atoms with van der Waals surface area (Å²) >= 11 is 0. The van der Waals surface area contributed by atoms with E-state index < -0.39 is 12.6 Å². The van der Waals surface area contributed by atoms with E-state index in [9.17, 15) is 13.2 Å². The molecule has 1 aliphatic heterocycles. The van der Waals surface area contributed by atoms with E-state index in [0.29, 0.717) is 24.9 Å². The molecule has 1 heterocycles. The lowest BCUT2D eigenvalue weighted by atomic mass is 10.0. The second-order valence-electron chi connectivity index (χ2n) is 4.47. The van der Waals surface area contributed by atoms with Gasteiger partial charge in [-0.25, -0.2) is 0 Å². The number of hydrogen-bond acceptors (Lipinski definition) is 3. The molecule has 0 bridgehead atoms. The molecule has 17 heavy (non-hydrogen) atoms. The van der Waals surface area contributed by atoms with E-state index in [0.717, 1.165) is 19.8 Å². The van der Waals surface area contributed by atoms with Crippen molar-refractivity contribution in [3.8, 4) is 0 Å². The Kier molecular flexibility index (Phi) is 6.22. The van der Waals surface area contributed by atoms with Crippen molar-refractivity contribution in [1.29, 1.82) is 0 Å². The van der Waals surface area contributed by atoms with E-state index in [2.05, 4.69) is 10.6 Å². The van der Waals surface area contributed by atoms with Gasteiger partial charge in [0.05, 0.1) is 13.2 Å². The van der Waals surface area contributed by atoms with Crippen molar-refractivity contribution in [2.24, 2.45) is 5.92 Å². The molecule has 0 aromatic rings. The van der Waals surface area contributed by atoms with E-state index >= 15 is 0 Å². The standard InChI is InChI=1S/C11H21F3N2O/c1-15-10-8-17-7-9(10)6-16-5-3-2-4-11(12,13)14/h9-10,15-16H,2-8H2,1H3. The average molecular weight is 254 g/mol. The van der Waals surface area contributed by atoms with E-state index in [4.69, 9.17) is 4.74 Å². The van der Waals surface area contributed by atoms with Crippen molar-refractivity contribution < 1.29 is 17.9 Å². The molecule has 0 aliphatic carbocycles. The number of alkyl halides is 3. The van der Waals surface area contributed by atoms with Crippen LogP contribution in [0.25, 0.3) is 0 Å². The Morgan fingerprint density at radius 1 is 1.24 bits per heavy atom. The van der Waals surface area contributed by atoms with Crippen molar-refractivity contribution in [1.82, 2.24) is 10.6 Å². The highest BCUT2D eigenvalue weighted by molar-refractivity contribution is 4.81. The number of unbranched alkanes of at least 4 members (excludes halogenated alkanes) is 1. The van der Waals surface area contributed by atoms with Crippen LogP contribution in [0.3, 0.4) is 0 Å². The highest BCUT2D eigenvalue weighted by atomic mass is 19.4. The van der Waals surface area contributed by atoms with Crippen LogP contribution in [0.5, 0.6) is 0 Å². The molecule has 0 spiro atoms. The lowest BCUT2D eigenvalue weighted by Crippen LogP contribution is -2.38. The molecule has 0 amide bonds. The topological polar surface area (TPSA) is 33.3 Å². The summed E-state index contributed by atoms with van der Waals surface area (Å²) in [5.41, 5.74) is 0. The van der Waals surface area contributed by atoms with Crippen molar-refractivity contribution >= 4 is 0 Å². The molecule has 2 atom stereocenters. The van der Waals surface area contributed by atoms with Crippen LogP contribution < -0.4 is 10.6 Å². The van der Waals surface area contributed by atoms with Gasteiger partial charge in [0.2, 0.25) is 0 Å². The van der Waals surface area contributed by atoms with Gasteiger partial charge in [-0.1, -0.05) is 0 Å². The SMILES string of the molecule is CNC1COCC1CNCCCCC(F)(F)F. The summed E-state index contributed by atoms with van der Waals surface area (Å²) in [7, 11) is 1.90. The maximum Gasteiger partial charge on any atom is 0.389 e. The molecule has 1 aliphatic rings. The van der Waals surface area contributed by atoms with Crippen LogP contribution in [-0.4, -0.2) is 45.6 Å². The fourth-order valence-corrected chi connectivity index (χ4v) is 1.98. The first-order valence-electron chi connectivity index (χ1n) is 6.05. The summed E-state index contributed by atoms with van der Waals surface area (Å²) in [6.07, 6.45) is -3.93. The fourth-order valence-electron chi connectivity index (χ4n) is 1.98. The number of likely N-dealkylation sites (N-methyl/N-ethyl adjacent to an activating group) is 1. The zero-order valence-electron chi connectivity index (χ0n) is 10.1. The molecule has 0 saturated carbocycles. The lowest BCUT2D eigenvalue weighted by molar-refractivity contribution is -0.135. The monoisotopic (exact) mass is 254 g/mol. The molecule has 6 heteroatoms. The Morgan fingerprint density at radius 3 is 2.65 bits per heavy atom. The first-order valence-corrected chi connectivity index (χ1v) is 6.05. The van der Waals surface area contributed by atoms with Gasteiger partial charge in [0.15, 0.2) is 0 Å². The zero-order chi connectivity index (χ0) is 12.7. The predicted octanol–water partition coefficient (Wildman–Crippen LogP) is 1.54. The average Bonchev–Trinajstić information content (AvgIpc) is 2.69. The van der Waals surface area contributed by atoms with Gasteiger partial charge in [0, 0.05) is 24.9 Å². The molecule has 0 aromatic heterocycles. The normalized spacial score (nSPS) is 25.4. The highest BCUT2D eigenvalue weighted by Gasteiger charge is 2.27. The van der Waals surface area contributed by atoms with Crippen molar-refractivity contribution in [2.75, 3.05) is 33.4 Å². The predicted molar refractivity (Wildman–Crippen MR) is 59.9 cm³/mol. The minimum atomic E-state index is -4.02. The van der Waals surface area contributed by atoms with Gasteiger partial charge >= 0.3 is 6.18 Å². The quantitative estimate of drug-likeness (QED) is 0.676. The first kappa shape index (κ1) is 14.7. The Morgan fingerprint density at radius 2 is 2.00 bits per heavy atom.